The van der Waals surface area contributed by atoms with Crippen molar-refractivity contribution < 1.29 is 23.9 Å². The fourth-order valence-corrected chi connectivity index (χ4v) is 4.17. The molecule has 4 aromatic rings. The topological polar surface area (TPSA) is 110 Å². The van der Waals surface area contributed by atoms with Gasteiger partial charge in [-0.2, -0.15) is 0 Å². The molecule has 0 saturated carbocycles. The highest BCUT2D eigenvalue weighted by atomic mass is 16.5. The molecule has 190 valence electrons. The van der Waals surface area contributed by atoms with Crippen molar-refractivity contribution in [2.75, 3.05) is 14.2 Å². The fraction of sp³-hybridized carbons (Fsp3) is 0.207. The molecule has 0 aliphatic carbocycles. The van der Waals surface area contributed by atoms with Gasteiger partial charge < -0.3 is 25.1 Å². The van der Waals surface area contributed by atoms with Gasteiger partial charge in [-0.05, 0) is 41.5 Å². The Balaban J connectivity index is 1.58. The summed E-state index contributed by atoms with van der Waals surface area (Å²) in [5.74, 6) is -0.852. The zero-order chi connectivity index (χ0) is 26.2. The monoisotopic (exact) mass is 499 g/mol. The van der Waals surface area contributed by atoms with Crippen LogP contribution in [0, 0.1) is 0 Å². The SMILES string of the molecule is COC(=O)[C@@H](Cc1ccccc1)NC(=O)[C@H](Cc1c[nH]c2ccccc12)NC(=O)c1ccc(OC)cc1. The van der Waals surface area contributed by atoms with Gasteiger partial charge in [-0.3, -0.25) is 9.59 Å². The molecule has 0 fully saturated rings. The number of ether oxygens (including phenoxy) is 2. The highest BCUT2D eigenvalue weighted by Gasteiger charge is 2.28. The normalized spacial score (nSPS) is 12.4. The summed E-state index contributed by atoms with van der Waals surface area (Å²) < 4.78 is 10.1. The van der Waals surface area contributed by atoms with Gasteiger partial charge in [0.05, 0.1) is 14.2 Å². The first kappa shape index (κ1) is 25.5. The highest BCUT2D eigenvalue weighted by Crippen LogP contribution is 2.20. The summed E-state index contributed by atoms with van der Waals surface area (Å²) in [5, 5.41) is 6.59. The molecule has 4 rings (SSSR count). The first-order valence-electron chi connectivity index (χ1n) is 11.9. The lowest BCUT2D eigenvalue weighted by Gasteiger charge is -2.22. The molecule has 1 heterocycles. The minimum Gasteiger partial charge on any atom is -0.497 e. The summed E-state index contributed by atoms with van der Waals surface area (Å²) in [4.78, 5) is 42.3. The van der Waals surface area contributed by atoms with Gasteiger partial charge in [0, 0.05) is 35.5 Å². The number of aromatic amines is 1. The third kappa shape index (κ3) is 6.35. The van der Waals surface area contributed by atoms with E-state index in [0.29, 0.717) is 11.3 Å². The van der Waals surface area contributed by atoms with E-state index >= 15 is 0 Å². The van der Waals surface area contributed by atoms with Gasteiger partial charge in [0.2, 0.25) is 5.91 Å². The predicted octanol–water partition coefficient (Wildman–Crippen LogP) is 3.42. The molecule has 0 aliphatic heterocycles. The first-order valence-corrected chi connectivity index (χ1v) is 11.9. The Morgan fingerprint density at radius 2 is 1.51 bits per heavy atom. The Hall–Kier alpha value is -4.59. The first-order chi connectivity index (χ1) is 18.0. The van der Waals surface area contributed by atoms with E-state index in [1.807, 2.05) is 60.8 Å². The second kappa shape index (κ2) is 11.9. The summed E-state index contributed by atoms with van der Waals surface area (Å²) in [6, 6.07) is 21.8. The molecule has 3 aromatic carbocycles. The second-order valence-electron chi connectivity index (χ2n) is 8.59. The highest BCUT2D eigenvalue weighted by molar-refractivity contribution is 5.98. The lowest BCUT2D eigenvalue weighted by Crippen LogP contribution is -2.53. The van der Waals surface area contributed by atoms with Gasteiger partial charge in [0.25, 0.3) is 5.91 Å². The Bertz CT molecular complexity index is 1370. The summed E-state index contributed by atoms with van der Waals surface area (Å²) >= 11 is 0. The molecule has 0 saturated heterocycles. The third-order valence-corrected chi connectivity index (χ3v) is 6.16. The number of hydrogen-bond acceptors (Lipinski definition) is 5. The summed E-state index contributed by atoms with van der Waals surface area (Å²) in [7, 11) is 2.82. The number of rotatable bonds is 10. The van der Waals surface area contributed by atoms with Crippen LogP contribution in [0.15, 0.2) is 85.1 Å². The van der Waals surface area contributed by atoms with Crippen LogP contribution < -0.4 is 15.4 Å². The number of aromatic nitrogens is 1. The van der Waals surface area contributed by atoms with E-state index in [9.17, 15) is 14.4 Å². The zero-order valence-electron chi connectivity index (χ0n) is 20.7. The van der Waals surface area contributed by atoms with E-state index in [1.54, 1.807) is 31.4 Å². The molecule has 0 unspecified atom stereocenters. The maximum atomic E-state index is 13.5. The number of hydrogen-bond donors (Lipinski definition) is 3. The van der Waals surface area contributed by atoms with E-state index in [4.69, 9.17) is 9.47 Å². The number of nitrogens with one attached hydrogen (secondary N) is 3. The van der Waals surface area contributed by atoms with Gasteiger partial charge in [0.15, 0.2) is 0 Å². The number of carbonyl (C=O) groups is 3. The van der Waals surface area contributed by atoms with Crippen LogP contribution in [0.25, 0.3) is 10.9 Å². The van der Waals surface area contributed by atoms with Crippen molar-refractivity contribution in [3.8, 4) is 5.75 Å². The van der Waals surface area contributed by atoms with Gasteiger partial charge >= 0.3 is 5.97 Å². The standard InChI is InChI=1S/C29H29N3O5/c1-36-22-14-12-20(13-15-22)27(33)31-25(17-21-18-30-24-11-7-6-10-23(21)24)28(34)32-26(29(35)37-2)16-19-8-4-3-5-9-19/h3-15,18,25-26,30H,16-17H2,1-2H3,(H,31,33)(H,32,34)/t25-,26+/m0/s1. The molecule has 2 amide bonds. The Morgan fingerprint density at radius 3 is 2.22 bits per heavy atom. The van der Waals surface area contributed by atoms with Crippen LogP contribution in [-0.4, -0.2) is 49.1 Å². The van der Waals surface area contributed by atoms with Crippen molar-refractivity contribution in [2.45, 2.75) is 24.9 Å². The van der Waals surface area contributed by atoms with Crippen molar-refractivity contribution in [1.29, 1.82) is 0 Å². The average Bonchev–Trinajstić information content (AvgIpc) is 3.35. The van der Waals surface area contributed by atoms with Gasteiger partial charge in [0.1, 0.15) is 17.8 Å². The van der Waals surface area contributed by atoms with Crippen LogP contribution in [0.4, 0.5) is 0 Å². The fourth-order valence-electron chi connectivity index (χ4n) is 4.17. The minimum atomic E-state index is -0.947. The number of methoxy groups -OCH3 is 2. The molecule has 0 spiro atoms. The maximum absolute atomic E-state index is 13.5. The molecule has 8 heteroatoms. The van der Waals surface area contributed by atoms with E-state index < -0.39 is 29.9 Å². The van der Waals surface area contributed by atoms with Gasteiger partial charge in [-0.25, -0.2) is 4.79 Å². The largest absolute Gasteiger partial charge is 0.497 e. The number of carbonyl (C=O) groups excluding carboxylic acids is 3. The van der Waals surface area contributed by atoms with Crippen LogP contribution in [0.5, 0.6) is 5.75 Å². The summed E-state index contributed by atoms with van der Waals surface area (Å²) in [5.41, 5.74) is 3.04. The van der Waals surface area contributed by atoms with Crippen LogP contribution in [0.3, 0.4) is 0 Å². The maximum Gasteiger partial charge on any atom is 0.328 e. The van der Waals surface area contributed by atoms with Crippen LogP contribution in [0.1, 0.15) is 21.5 Å². The number of amides is 2. The van der Waals surface area contributed by atoms with E-state index in [0.717, 1.165) is 22.0 Å². The van der Waals surface area contributed by atoms with Gasteiger partial charge in [-0.1, -0.05) is 48.5 Å². The summed E-state index contributed by atoms with van der Waals surface area (Å²) in [6.07, 6.45) is 2.30. The molecule has 1 aromatic heterocycles. The number of esters is 1. The molecule has 0 bridgehead atoms. The number of fused-ring (bicyclic) bond motifs is 1. The zero-order valence-corrected chi connectivity index (χ0v) is 20.7. The molecule has 0 radical (unpaired) electrons. The third-order valence-electron chi connectivity index (χ3n) is 6.16. The molecular weight excluding hydrogens is 470 g/mol. The van der Waals surface area contributed by atoms with Gasteiger partial charge in [-0.15, -0.1) is 0 Å². The van der Waals surface area contributed by atoms with E-state index in [1.165, 1.54) is 7.11 Å². The van der Waals surface area contributed by atoms with Crippen molar-refractivity contribution >= 4 is 28.7 Å². The minimum absolute atomic E-state index is 0.219. The number of H-pyrrole nitrogens is 1. The average molecular weight is 500 g/mol. The van der Waals surface area contributed by atoms with Crippen molar-refractivity contribution in [3.63, 3.8) is 0 Å². The van der Waals surface area contributed by atoms with Crippen molar-refractivity contribution in [1.82, 2.24) is 15.6 Å². The van der Waals surface area contributed by atoms with Crippen LogP contribution in [-0.2, 0) is 27.2 Å². The molecule has 37 heavy (non-hydrogen) atoms. The summed E-state index contributed by atoms with van der Waals surface area (Å²) in [6.45, 7) is 0. The molecule has 2 atom stereocenters. The lowest BCUT2D eigenvalue weighted by molar-refractivity contribution is -0.145. The molecule has 3 N–H and O–H groups in total. The predicted molar refractivity (Wildman–Crippen MR) is 140 cm³/mol. The number of benzene rings is 3. The van der Waals surface area contributed by atoms with Crippen LogP contribution >= 0.6 is 0 Å². The Labute approximate surface area is 215 Å². The van der Waals surface area contributed by atoms with Crippen LogP contribution in [0.2, 0.25) is 0 Å². The molecular formula is C29H29N3O5. The lowest BCUT2D eigenvalue weighted by atomic mass is 10.0. The quantitative estimate of drug-likeness (QED) is 0.290. The smallest absolute Gasteiger partial charge is 0.328 e. The second-order valence-corrected chi connectivity index (χ2v) is 8.59. The number of para-hydroxylation sites is 1. The van der Waals surface area contributed by atoms with E-state index in [-0.39, 0.29) is 12.8 Å². The molecule has 0 aliphatic rings. The van der Waals surface area contributed by atoms with E-state index in [2.05, 4.69) is 15.6 Å². The van der Waals surface area contributed by atoms with Crippen molar-refractivity contribution in [2.24, 2.45) is 0 Å². The Kier molecular flexibility index (Phi) is 8.20. The molecule has 8 nitrogen and oxygen atoms in total. The Morgan fingerprint density at radius 1 is 0.811 bits per heavy atom. The van der Waals surface area contributed by atoms with Crippen molar-refractivity contribution in [3.05, 3.63) is 102 Å².